The van der Waals surface area contributed by atoms with Crippen molar-refractivity contribution in [3.63, 3.8) is 0 Å². The van der Waals surface area contributed by atoms with E-state index in [1.807, 2.05) is 20.2 Å². The summed E-state index contributed by atoms with van der Waals surface area (Å²) in [5.41, 5.74) is 0. The molecule has 4 heteroatoms. The fourth-order valence-electron chi connectivity index (χ4n) is 1.23. The molecule has 1 aromatic rings. The quantitative estimate of drug-likeness (QED) is 0.752. The van der Waals surface area contributed by atoms with Gasteiger partial charge in [-0.05, 0) is 13.8 Å². The summed E-state index contributed by atoms with van der Waals surface area (Å²) < 4.78 is 7.41. The number of nitrogens with zero attached hydrogens (tertiary/aromatic N) is 2. The van der Waals surface area contributed by atoms with E-state index in [9.17, 15) is 0 Å². The molecule has 13 heavy (non-hydrogen) atoms. The molecule has 0 radical (unpaired) electrons. The molecular formula is C9H17N3O. The molecule has 1 unspecified atom stereocenters. The highest BCUT2D eigenvalue weighted by Gasteiger charge is 2.07. The molecule has 1 N–H and O–H groups in total. The number of nitrogens with one attached hydrogen (secondary N) is 1. The van der Waals surface area contributed by atoms with Crippen LogP contribution in [0.3, 0.4) is 0 Å². The van der Waals surface area contributed by atoms with Crippen LogP contribution in [0.2, 0.25) is 0 Å². The Morgan fingerprint density at radius 1 is 1.69 bits per heavy atom. The third kappa shape index (κ3) is 2.45. The summed E-state index contributed by atoms with van der Waals surface area (Å²) in [6, 6.07) is 0.324. The van der Waals surface area contributed by atoms with Crippen LogP contribution in [-0.2, 0) is 4.74 Å². The predicted molar refractivity (Wildman–Crippen MR) is 53.0 cm³/mol. The van der Waals surface area contributed by atoms with Crippen molar-refractivity contribution in [1.29, 1.82) is 0 Å². The highest BCUT2D eigenvalue weighted by atomic mass is 16.5. The Hall–Kier alpha value is -1.03. The number of ether oxygens (including phenoxy) is 1. The summed E-state index contributed by atoms with van der Waals surface area (Å²) in [7, 11) is 1.87. The minimum Gasteiger partial charge on any atom is -0.380 e. The summed E-state index contributed by atoms with van der Waals surface area (Å²) in [6.45, 7) is 5.59. The average molecular weight is 183 g/mol. The summed E-state index contributed by atoms with van der Waals surface area (Å²) in [5, 5.41) is 3.03. The second-order valence-electron chi connectivity index (χ2n) is 2.92. The molecule has 0 aliphatic rings. The molecule has 74 valence electrons. The van der Waals surface area contributed by atoms with Crippen molar-refractivity contribution in [3.8, 4) is 0 Å². The largest absolute Gasteiger partial charge is 0.380 e. The van der Waals surface area contributed by atoms with E-state index in [0.29, 0.717) is 6.04 Å². The average Bonchev–Trinajstić information content (AvgIpc) is 2.61. The molecule has 0 saturated heterocycles. The van der Waals surface area contributed by atoms with Crippen LogP contribution in [0.5, 0.6) is 0 Å². The van der Waals surface area contributed by atoms with Crippen molar-refractivity contribution < 1.29 is 4.74 Å². The molecule has 1 rings (SSSR count). The van der Waals surface area contributed by atoms with E-state index >= 15 is 0 Å². The second kappa shape index (κ2) is 4.87. The lowest BCUT2D eigenvalue weighted by Crippen LogP contribution is -2.13. The smallest absolute Gasteiger partial charge is 0.202 e. The van der Waals surface area contributed by atoms with Crippen molar-refractivity contribution in [2.45, 2.75) is 19.9 Å². The van der Waals surface area contributed by atoms with Crippen LogP contribution in [-0.4, -0.2) is 29.8 Å². The fourth-order valence-corrected chi connectivity index (χ4v) is 1.23. The lowest BCUT2D eigenvalue weighted by molar-refractivity contribution is 0.119. The van der Waals surface area contributed by atoms with Gasteiger partial charge in [-0.3, -0.25) is 0 Å². The molecular weight excluding hydrogens is 166 g/mol. The number of imidazole rings is 1. The van der Waals surface area contributed by atoms with Crippen LogP contribution in [0.25, 0.3) is 0 Å². The third-order valence-electron chi connectivity index (χ3n) is 1.93. The van der Waals surface area contributed by atoms with E-state index in [-0.39, 0.29) is 0 Å². The predicted octanol–water partition coefficient (Wildman–Crippen LogP) is 1.52. The van der Waals surface area contributed by atoms with Crippen LogP contribution >= 0.6 is 0 Å². The van der Waals surface area contributed by atoms with Gasteiger partial charge in [0.15, 0.2) is 0 Å². The molecule has 0 spiro atoms. The van der Waals surface area contributed by atoms with E-state index < -0.39 is 0 Å². The SMILES string of the molecule is CCOCC(C)n1ccnc1NC. The molecule has 0 aliphatic heterocycles. The number of hydrogen-bond donors (Lipinski definition) is 1. The van der Waals surface area contributed by atoms with Gasteiger partial charge in [-0.15, -0.1) is 0 Å². The summed E-state index contributed by atoms with van der Waals surface area (Å²) in [5.74, 6) is 0.882. The first-order valence-electron chi connectivity index (χ1n) is 4.58. The Bertz CT molecular complexity index is 247. The van der Waals surface area contributed by atoms with E-state index in [0.717, 1.165) is 19.2 Å². The Kier molecular flexibility index (Phi) is 3.76. The molecule has 0 saturated carbocycles. The Morgan fingerprint density at radius 3 is 3.08 bits per heavy atom. The van der Waals surface area contributed by atoms with Gasteiger partial charge in [-0.2, -0.15) is 0 Å². The second-order valence-corrected chi connectivity index (χ2v) is 2.92. The van der Waals surface area contributed by atoms with Crippen molar-refractivity contribution in [3.05, 3.63) is 12.4 Å². The first-order chi connectivity index (χ1) is 6.29. The van der Waals surface area contributed by atoms with Crippen molar-refractivity contribution in [1.82, 2.24) is 9.55 Å². The van der Waals surface area contributed by atoms with E-state index in [1.165, 1.54) is 0 Å². The molecule has 0 amide bonds. The first kappa shape index (κ1) is 10.1. The monoisotopic (exact) mass is 183 g/mol. The maximum atomic E-state index is 5.34. The van der Waals surface area contributed by atoms with Gasteiger partial charge in [-0.1, -0.05) is 0 Å². The van der Waals surface area contributed by atoms with Gasteiger partial charge in [0.25, 0.3) is 0 Å². The van der Waals surface area contributed by atoms with Crippen LogP contribution in [0.4, 0.5) is 5.95 Å². The Labute approximate surface area is 78.9 Å². The molecule has 1 aromatic heterocycles. The molecule has 0 bridgehead atoms. The van der Waals surface area contributed by atoms with Gasteiger partial charge in [0.1, 0.15) is 0 Å². The van der Waals surface area contributed by atoms with Gasteiger partial charge >= 0.3 is 0 Å². The minimum atomic E-state index is 0.324. The molecule has 0 aromatic carbocycles. The van der Waals surface area contributed by atoms with Gasteiger partial charge < -0.3 is 14.6 Å². The fraction of sp³-hybridized carbons (Fsp3) is 0.667. The third-order valence-corrected chi connectivity index (χ3v) is 1.93. The highest BCUT2D eigenvalue weighted by Crippen LogP contribution is 2.12. The normalized spacial score (nSPS) is 12.8. The maximum absolute atomic E-state index is 5.34. The van der Waals surface area contributed by atoms with E-state index in [2.05, 4.69) is 21.8 Å². The highest BCUT2D eigenvalue weighted by molar-refractivity contribution is 5.24. The van der Waals surface area contributed by atoms with Gasteiger partial charge in [-0.25, -0.2) is 4.98 Å². The lowest BCUT2D eigenvalue weighted by atomic mass is 10.3. The summed E-state index contributed by atoms with van der Waals surface area (Å²) in [6.07, 6.45) is 3.74. The van der Waals surface area contributed by atoms with Gasteiger partial charge in [0.2, 0.25) is 5.95 Å². The van der Waals surface area contributed by atoms with Crippen LogP contribution in [0, 0.1) is 0 Å². The molecule has 4 nitrogen and oxygen atoms in total. The Morgan fingerprint density at radius 2 is 2.46 bits per heavy atom. The Balaban J connectivity index is 2.59. The number of hydrogen-bond acceptors (Lipinski definition) is 3. The molecule has 0 fully saturated rings. The zero-order chi connectivity index (χ0) is 9.68. The van der Waals surface area contributed by atoms with Crippen LogP contribution < -0.4 is 5.32 Å². The number of anilines is 1. The van der Waals surface area contributed by atoms with Crippen molar-refractivity contribution >= 4 is 5.95 Å². The van der Waals surface area contributed by atoms with Gasteiger partial charge in [0.05, 0.1) is 12.6 Å². The molecule has 1 atom stereocenters. The summed E-state index contributed by atoms with van der Waals surface area (Å²) in [4.78, 5) is 4.16. The van der Waals surface area contributed by atoms with Crippen molar-refractivity contribution in [2.24, 2.45) is 0 Å². The van der Waals surface area contributed by atoms with Gasteiger partial charge in [0, 0.05) is 26.0 Å². The standard InChI is InChI=1S/C9H17N3O/c1-4-13-7-8(2)12-6-5-11-9(12)10-3/h5-6,8H,4,7H2,1-3H3,(H,10,11). The summed E-state index contributed by atoms with van der Waals surface area (Å²) >= 11 is 0. The zero-order valence-corrected chi connectivity index (χ0v) is 8.45. The zero-order valence-electron chi connectivity index (χ0n) is 8.45. The maximum Gasteiger partial charge on any atom is 0.202 e. The van der Waals surface area contributed by atoms with Crippen LogP contribution in [0.15, 0.2) is 12.4 Å². The number of aromatic nitrogens is 2. The van der Waals surface area contributed by atoms with Crippen molar-refractivity contribution in [2.75, 3.05) is 25.6 Å². The molecule has 1 heterocycles. The van der Waals surface area contributed by atoms with E-state index in [1.54, 1.807) is 6.20 Å². The topological polar surface area (TPSA) is 39.1 Å². The molecule has 0 aliphatic carbocycles. The minimum absolute atomic E-state index is 0.324. The number of rotatable bonds is 5. The van der Waals surface area contributed by atoms with E-state index in [4.69, 9.17) is 4.74 Å². The first-order valence-corrected chi connectivity index (χ1v) is 4.58. The van der Waals surface area contributed by atoms with Crippen LogP contribution in [0.1, 0.15) is 19.9 Å². The lowest BCUT2D eigenvalue weighted by Gasteiger charge is -2.15.